The molecule has 0 radical (unpaired) electrons. The van der Waals surface area contributed by atoms with Gasteiger partial charge in [0.2, 0.25) is 0 Å². The Morgan fingerprint density at radius 1 is 0.885 bits per heavy atom. The number of hydrogen-bond donors (Lipinski definition) is 0. The average Bonchev–Trinajstić information content (AvgIpc) is 2.99. The first-order chi connectivity index (χ1) is 12.6. The van der Waals surface area contributed by atoms with E-state index in [1.165, 1.54) is 11.1 Å². The van der Waals surface area contributed by atoms with E-state index in [0.717, 1.165) is 31.8 Å². The van der Waals surface area contributed by atoms with E-state index in [4.69, 9.17) is 4.98 Å². The van der Waals surface area contributed by atoms with Gasteiger partial charge in [-0.05, 0) is 49.2 Å². The Balaban J connectivity index is 1.85. The van der Waals surface area contributed by atoms with Gasteiger partial charge in [-0.3, -0.25) is 9.20 Å². The molecule has 2 heterocycles. The van der Waals surface area contributed by atoms with Crippen LogP contribution in [-0.4, -0.2) is 9.38 Å². The Hall–Kier alpha value is -2.98. The van der Waals surface area contributed by atoms with Crippen LogP contribution in [0.25, 0.3) is 37.2 Å². The monoisotopic (exact) mass is 356 g/mol. The van der Waals surface area contributed by atoms with Crippen molar-refractivity contribution in [1.82, 2.24) is 9.38 Å². The standard InChI is InChI=1S/C22H16N2OS/c1-13-9-14(2)11-16(10-13)15-7-8-18-17(12-15)21(25)24-19-5-3-4-6-20(19)26-22(24)23-18/h3-12H,1-2H3. The third kappa shape index (κ3) is 2.26. The summed E-state index contributed by atoms with van der Waals surface area (Å²) >= 11 is 1.55. The van der Waals surface area contributed by atoms with Gasteiger partial charge >= 0.3 is 0 Å². The van der Waals surface area contributed by atoms with Crippen molar-refractivity contribution >= 4 is 37.4 Å². The second-order valence-electron chi connectivity index (χ2n) is 6.71. The lowest BCUT2D eigenvalue weighted by molar-refractivity contribution is 1.16. The highest BCUT2D eigenvalue weighted by atomic mass is 32.1. The first-order valence-electron chi connectivity index (χ1n) is 8.53. The molecule has 0 N–H and O–H groups in total. The number of benzene rings is 3. The van der Waals surface area contributed by atoms with E-state index in [1.54, 1.807) is 15.7 Å². The summed E-state index contributed by atoms with van der Waals surface area (Å²) in [5.41, 5.74) is 6.27. The first kappa shape index (κ1) is 15.3. The van der Waals surface area contributed by atoms with Gasteiger partial charge < -0.3 is 0 Å². The largest absolute Gasteiger partial charge is 0.268 e. The molecular weight excluding hydrogens is 340 g/mol. The molecule has 4 heteroatoms. The van der Waals surface area contributed by atoms with Crippen LogP contribution in [0.15, 0.2) is 65.5 Å². The lowest BCUT2D eigenvalue weighted by atomic mass is 9.99. The Kier molecular flexibility index (Phi) is 3.24. The SMILES string of the molecule is Cc1cc(C)cc(-c2ccc3nc4sc5ccccc5n4c(=O)c3c2)c1. The van der Waals surface area contributed by atoms with Crippen molar-refractivity contribution in [3.05, 3.63) is 82.1 Å². The predicted molar refractivity (Wildman–Crippen MR) is 109 cm³/mol. The minimum atomic E-state index is -0.00586. The van der Waals surface area contributed by atoms with Gasteiger partial charge in [0.05, 0.1) is 21.1 Å². The molecule has 5 aromatic rings. The first-order valence-corrected chi connectivity index (χ1v) is 9.34. The summed E-state index contributed by atoms with van der Waals surface area (Å²) in [5, 5.41) is 0.655. The van der Waals surface area contributed by atoms with Crippen LogP contribution < -0.4 is 5.56 Å². The topological polar surface area (TPSA) is 34.4 Å². The molecule has 5 rings (SSSR count). The highest BCUT2D eigenvalue weighted by Crippen LogP contribution is 2.28. The molecule has 0 saturated carbocycles. The molecular formula is C22H16N2OS. The fourth-order valence-electron chi connectivity index (χ4n) is 3.59. The summed E-state index contributed by atoms with van der Waals surface area (Å²) < 4.78 is 2.80. The Morgan fingerprint density at radius 2 is 1.65 bits per heavy atom. The minimum Gasteiger partial charge on any atom is -0.268 e. The molecule has 0 spiro atoms. The third-order valence-electron chi connectivity index (χ3n) is 4.70. The Morgan fingerprint density at radius 3 is 2.46 bits per heavy atom. The van der Waals surface area contributed by atoms with Crippen molar-refractivity contribution in [1.29, 1.82) is 0 Å². The third-order valence-corrected chi connectivity index (χ3v) is 5.72. The van der Waals surface area contributed by atoms with Crippen molar-refractivity contribution in [3.8, 4) is 11.1 Å². The molecule has 0 atom stereocenters. The second-order valence-corrected chi connectivity index (χ2v) is 7.72. The molecule has 0 aliphatic rings. The summed E-state index contributed by atoms with van der Waals surface area (Å²) in [6, 6.07) is 20.4. The number of nitrogens with zero attached hydrogens (tertiary/aromatic N) is 2. The number of hydrogen-bond acceptors (Lipinski definition) is 3. The Labute approximate surface area is 154 Å². The molecule has 26 heavy (non-hydrogen) atoms. The van der Waals surface area contributed by atoms with Crippen molar-refractivity contribution in [3.63, 3.8) is 0 Å². The molecule has 0 fully saturated rings. The Bertz CT molecular complexity index is 1360. The van der Waals surface area contributed by atoms with E-state index in [-0.39, 0.29) is 5.56 Å². The van der Waals surface area contributed by atoms with Crippen molar-refractivity contribution < 1.29 is 0 Å². The summed E-state index contributed by atoms with van der Waals surface area (Å²) in [7, 11) is 0. The summed E-state index contributed by atoms with van der Waals surface area (Å²) in [4.78, 5) is 18.7. The number of rotatable bonds is 1. The molecule has 0 bridgehead atoms. The number of aryl methyl sites for hydroxylation is 2. The van der Waals surface area contributed by atoms with Gasteiger partial charge in [0.1, 0.15) is 0 Å². The number of aromatic nitrogens is 2. The molecule has 2 aromatic heterocycles. The van der Waals surface area contributed by atoms with Crippen LogP contribution in [0.3, 0.4) is 0 Å². The smallest absolute Gasteiger partial charge is 0.266 e. The lowest BCUT2D eigenvalue weighted by Gasteiger charge is -2.07. The zero-order valence-corrected chi connectivity index (χ0v) is 15.3. The fourth-order valence-corrected chi connectivity index (χ4v) is 4.62. The predicted octanol–water partition coefficient (Wildman–Crippen LogP) is 5.35. The van der Waals surface area contributed by atoms with E-state index in [2.05, 4.69) is 32.0 Å². The molecule has 126 valence electrons. The minimum absolute atomic E-state index is 0.00586. The van der Waals surface area contributed by atoms with Gasteiger partial charge in [0.15, 0.2) is 4.96 Å². The highest BCUT2D eigenvalue weighted by molar-refractivity contribution is 7.23. The van der Waals surface area contributed by atoms with Crippen LogP contribution >= 0.6 is 11.3 Å². The van der Waals surface area contributed by atoms with Crippen LogP contribution in [0.4, 0.5) is 0 Å². The number of thiazole rings is 1. The average molecular weight is 356 g/mol. The van der Waals surface area contributed by atoms with Gasteiger partial charge in [0.25, 0.3) is 5.56 Å². The normalized spacial score (nSPS) is 11.6. The number of para-hydroxylation sites is 1. The van der Waals surface area contributed by atoms with Gasteiger partial charge in [-0.15, -0.1) is 0 Å². The maximum Gasteiger partial charge on any atom is 0.266 e. The summed E-state index contributed by atoms with van der Waals surface area (Å²) in [6.45, 7) is 4.18. The lowest BCUT2D eigenvalue weighted by Crippen LogP contribution is -2.13. The van der Waals surface area contributed by atoms with Crippen molar-refractivity contribution in [2.45, 2.75) is 13.8 Å². The van der Waals surface area contributed by atoms with Crippen LogP contribution in [0.1, 0.15) is 11.1 Å². The van der Waals surface area contributed by atoms with Crippen LogP contribution in [-0.2, 0) is 0 Å². The zero-order chi connectivity index (χ0) is 17.8. The zero-order valence-electron chi connectivity index (χ0n) is 14.5. The maximum absolute atomic E-state index is 13.2. The fraction of sp³-hybridized carbons (Fsp3) is 0.0909. The van der Waals surface area contributed by atoms with Gasteiger partial charge in [-0.2, -0.15) is 0 Å². The van der Waals surface area contributed by atoms with E-state index >= 15 is 0 Å². The molecule has 0 amide bonds. The van der Waals surface area contributed by atoms with Crippen LogP contribution in [0.2, 0.25) is 0 Å². The molecule has 3 nitrogen and oxygen atoms in total. The van der Waals surface area contributed by atoms with E-state index in [1.807, 2.05) is 42.5 Å². The van der Waals surface area contributed by atoms with E-state index in [0.29, 0.717) is 5.39 Å². The summed E-state index contributed by atoms with van der Waals surface area (Å²) in [6.07, 6.45) is 0. The number of fused-ring (bicyclic) bond motifs is 4. The van der Waals surface area contributed by atoms with Gasteiger partial charge in [-0.25, -0.2) is 4.98 Å². The molecule has 0 saturated heterocycles. The quantitative estimate of drug-likeness (QED) is 0.406. The molecule has 0 aliphatic heterocycles. The van der Waals surface area contributed by atoms with Gasteiger partial charge in [0, 0.05) is 0 Å². The van der Waals surface area contributed by atoms with Crippen LogP contribution in [0.5, 0.6) is 0 Å². The molecule has 3 aromatic carbocycles. The van der Waals surface area contributed by atoms with E-state index in [9.17, 15) is 4.79 Å². The second kappa shape index (κ2) is 5.51. The van der Waals surface area contributed by atoms with E-state index < -0.39 is 0 Å². The highest BCUT2D eigenvalue weighted by Gasteiger charge is 2.12. The van der Waals surface area contributed by atoms with Gasteiger partial charge in [-0.1, -0.05) is 58.9 Å². The van der Waals surface area contributed by atoms with Crippen LogP contribution in [0, 0.1) is 13.8 Å². The molecule has 0 aliphatic carbocycles. The summed E-state index contributed by atoms with van der Waals surface area (Å²) in [5.74, 6) is 0. The maximum atomic E-state index is 13.2. The molecule has 0 unspecified atom stereocenters. The van der Waals surface area contributed by atoms with Crippen molar-refractivity contribution in [2.75, 3.05) is 0 Å². The van der Waals surface area contributed by atoms with Crippen molar-refractivity contribution in [2.24, 2.45) is 0 Å².